The minimum atomic E-state index is -0.625. The van der Waals surface area contributed by atoms with Crippen molar-refractivity contribution in [2.45, 2.75) is 87.4 Å². The van der Waals surface area contributed by atoms with Crippen LogP contribution >= 0.6 is 11.6 Å². The second kappa shape index (κ2) is 11.9. The van der Waals surface area contributed by atoms with Crippen LogP contribution in [0.4, 0.5) is 14.6 Å². The standard InChI is InChI=1S/C39H42ClF2N5O3/c40-30-13-29-36(35(42)33(30)28-12-27(48)11-22-5-8-31(41)34(32(22)28)39-14-21(15-39)16-39)44-38(45-37(29)46-17-23-6-7-24(18-46)43-23)50-10-2-9-47-25-3-1-4-26(47)20-49-19-25/h5,8,11-13,21,23-26,43,48H,1-4,6-7,9-10,14-20H2. The van der Waals surface area contributed by atoms with Gasteiger partial charge in [-0.25, -0.2) is 8.78 Å². The number of hydrogen-bond acceptors (Lipinski definition) is 8. The Balaban J connectivity index is 1.06. The minimum absolute atomic E-state index is 0.0358. The second-order valence-corrected chi connectivity index (χ2v) is 16.2. The van der Waals surface area contributed by atoms with Crippen LogP contribution in [0.25, 0.3) is 32.8 Å². The van der Waals surface area contributed by atoms with Gasteiger partial charge in [0.15, 0.2) is 5.82 Å². The Bertz CT molecular complexity index is 1980. The van der Waals surface area contributed by atoms with Crippen molar-refractivity contribution in [3.63, 3.8) is 0 Å². The van der Waals surface area contributed by atoms with E-state index in [0.29, 0.717) is 69.8 Å². The van der Waals surface area contributed by atoms with Crippen molar-refractivity contribution >= 4 is 39.1 Å². The minimum Gasteiger partial charge on any atom is -0.508 e. The van der Waals surface area contributed by atoms with Crippen molar-refractivity contribution in [1.82, 2.24) is 20.2 Å². The SMILES string of the molecule is Oc1cc(-c2c(Cl)cc3c(N4CC5CCC(C4)N5)nc(OCCCN4C5CCCC4COC5)nc3c2F)c2c(C34CC(C3)C4)c(F)ccc2c1. The summed E-state index contributed by atoms with van der Waals surface area (Å²) in [5.74, 6) is 0.272. The number of fused-ring (bicyclic) bond motifs is 6. The van der Waals surface area contributed by atoms with Crippen molar-refractivity contribution in [1.29, 1.82) is 0 Å². The Kier molecular flexibility index (Phi) is 7.46. The van der Waals surface area contributed by atoms with E-state index in [4.69, 9.17) is 31.0 Å². The van der Waals surface area contributed by atoms with Crippen LogP contribution in [-0.4, -0.2) is 83.6 Å². The first-order valence-corrected chi connectivity index (χ1v) is 18.8. The fourth-order valence-electron chi connectivity index (χ4n) is 10.3. The average molecular weight is 702 g/mol. The van der Waals surface area contributed by atoms with Crippen LogP contribution in [0.2, 0.25) is 5.02 Å². The predicted octanol–water partition coefficient (Wildman–Crippen LogP) is 7.10. The van der Waals surface area contributed by atoms with Crippen molar-refractivity contribution in [3.05, 3.63) is 52.6 Å². The summed E-state index contributed by atoms with van der Waals surface area (Å²) in [7, 11) is 0. The maximum Gasteiger partial charge on any atom is 0.319 e. The van der Waals surface area contributed by atoms with Crippen molar-refractivity contribution in [2.24, 2.45) is 5.92 Å². The molecule has 11 heteroatoms. The van der Waals surface area contributed by atoms with Crippen LogP contribution in [0, 0.1) is 17.6 Å². The van der Waals surface area contributed by atoms with Crippen LogP contribution in [0.15, 0.2) is 30.3 Å². The molecule has 6 bridgehead atoms. The van der Waals surface area contributed by atoms with E-state index in [-0.39, 0.29) is 39.1 Å². The largest absolute Gasteiger partial charge is 0.508 e. The van der Waals surface area contributed by atoms with Gasteiger partial charge in [-0.3, -0.25) is 4.90 Å². The van der Waals surface area contributed by atoms with Crippen molar-refractivity contribution in [3.8, 4) is 22.9 Å². The number of anilines is 1. The molecule has 2 N–H and O–H groups in total. The highest BCUT2D eigenvalue weighted by Gasteiger charge is 2.59. The zero-order valence-electron chi connectivity index (χ0n) is 28.1. The Labute approximate surface area is 295 Å². The summed E-state index contributed by atoms with van der Waals surface area (Å²) in [6.07, 6.45) is 9.31. The van der Waals surface area contributed by atoms with Gasteiger partial charge in [0, 0.05) is 60.3 Å². The van der Waals surface area contributed by atoms with Gasteiger partial charge in [-0.1, -0.05) is 24.1 Å². The highest BCUT2D eigenvalue weighted by atomic mass is 35.5. The van der Waals surface area contributed by atoms with E-state index in [0.717, 1.165) is 84.2 Å². The number of piperidine rings is 1. The molecule has 50 heavy (non-hydrogen) atoms. The van der Waals surface area contributed by atoms with Crippen LogP contribution in [0.3, 0.4) is 0 Å². The third-order valence-electron chi connectivity index (χ3n) is 12.7. The molecule has 7 aliphatic rings. The van der Waals surface area contributed by atoms with Gasteiger partial charge in [-0.15, -0.1) is 0 Å². The number of rotatable bonds is 8. The van der Waals surface area contributed by atoms with E-state index in [1.807, 2.05) is 0 Å². The van der Waals surface area contributed by atoms with Crippen LogP contribution < -0.4 is 15.0 Å². The third-order valence-corrected chi connectivity index (χ3v) is 13.0. The topological polar surface area (TPSA) is 83.0 Å². The number of benzene rings is 3. The van der Waals surface area contributed by atoms with Crippen molar-refractivity contribution in [2.75, 3.05) is 44.4 Å². The Morgan fingerprint density at radius 1 is 1.00 bits per heavy atom. The molecule has 1 aromatic heterocycles. The second-order valence-electron chi connectivity index (χ2n) is 15.8. The number of ether oxygens (including phenoxy) is 2. The molecule has 4 unspecified atom stereocenters. The molecule has 0 spiro atoms. The summed E-state index contributed by atoms with van der Waals surface area (Å²) >= 11 is 7.05. The van der Waals surface area contributed by atoms with Gasteiger partial charge in [0.1, 0.15) is 22.9 Å². The molecular formula is C39H42ClF2N5O3. The van der Waals surface area contributed by atoms with E-state index in [1.54, 1.807) is 18.2 Å². The number of piperazine rings is 1. The van der Waals surface area contributed by atoms with Gasteiger partial charge in [0.25, 0.3) is 0 Å². The third kappa shape index (κ3) is 4.99. The molecule has 8 nitrogen and oxygen atoms in total. The van der Waals surface area contributed by atoms with Crippen molar-refractivity contribution < 1.29 is 23.4 Å². The number of nitrogens with one attached hydrogen (secondary N) is 1. The van der Waals surface area contributed by atoms with E-state index in [9.17, 15) is 5.11 Å². The van der Waals surface area contributed by atoms with Gasteiger partial charge < -0.3 is 24.8 Å². The Morgan fingerprint density at radius 3 is 2.48 bits per heavy atom. The molecule has 4 atom stereocenters. The molecular weight excluding hydrogens is 660 g/mol. The first kappa shape index (κ1) is 31.4. The monoisotopic (exact) mass is 701 g/mol. The van der Waals surface area contributed by atoms with Gasteiger partial charge in [0.2, 0.25) is 0 Å². The summed E-state index contributed by atoms with van der Waals surface area (Å²) in [4.78, 5) is 14.4. The van der Waals surface area contributed by atoms with Crippen LogP contribution in [-0.2, 0) is 10.2 Å². The molecule has 7 fully saturated rings. The highest BCUT2D eigenvalue weighted by Crippen LogP contribution is 2.67. The van der Waals surface area contributed by atoms with E-state index in [2.05, 4.69) is 15.1 Å². The number of phenols is 1. The first-order valence-electron chi connectivity index (χ1n) is 18.5. The van der Waals surface area contributed by atoms with Gasteiger partial charge >= 0.3 is 6.01 Å². The van der Waals surface area contributed by atoms with E-state index >= 15 is 8.78 Å². The number of phenolic OH excluding ortho intramolecular Hbond substituents is 1. The van der Waals surface area contributed by atoms with Crippen LogP contribution in [0.1, 0.15) is 63.4 Å². The molecule has 11 rings (SSSR count). The van der Waals surface area contributed by atoms with Gasteiger partial charge in [0.05, 0.1) is 24.8 Å². The molecule has 3 aromatic carbocycles. The summed E-state index contributed by atoms with van der Waals surface area (Å²) in [5.41, 5.74) is 0.947. The molecule has 0 amide bonds. The number of hydrogen-bond donors (Lipinski definition) is 2. The van der Waals surface area contributed by atoms with E-state index in [1.165, 1.54) is 18.6 Å². The zero-order chi connectivity index (χ0) is 33.7. The molecule has 3 aliphatic carbocycles. The normalized spacial score (nSPS) is 30.1. The fraction of sp³-hybridized carbons (Fsp3) is 0.538. The number of nitrogens with zero attached hydrogens (tertiary/aromatic N) is 4. The quantitative estimate of drug-likeness (QED) is 0.188. The molecule has 262 valence electrons. The number of aromatic nitrogens is 2. The molecule has 3 saturated carbocycles. The maximum absolute atomic E-state index is 17.3. The molecule has 4 aliphatic heterocycles. The fourth-order valence-corrected chi connectivity index (χ4v) is 10.6. The zero-order valence-corrected chi connectivity index (χ0v) is 28.8. The Hall–Kier alpha value is -3.31. The summed E-state index contributed by atoms with van der Waals surface area (Å²) in [6, 6.07) is 9.72. The molecule has 4 saturated heterocycles. The van der Waals surface area contributed by atoms with Gasteiger partial charge in [-0.05, 0) is 103 Å². The number of aromatic hydroxyl groups is 1. The van der Waals surface area contributed by atoms with E-state index < -0.39 is 5.82 Å². The lowest BCUT2D eigenvalue weighted by Gasteiger charge is -2.62. The maximum atomic E-state index is 17.3. The number of halogens is 3. The molecule has 4 aromatic rings. The smallest absolute Gasteiger partial charge is 0.319 e. The molecule has 5 heterocycles. The number of morpholine rings is 1. The lowest BCUT2D eigenvalue weighted by Crippen LogP contribution is -2.55. The average Bonchev–Trinajstić information content (AvgIpc) is 3.39. The van der Waals surface area contributed by atoms with Crippen LogP contribution in [0.5, 0.6) is 11.8 Å². The Morgan fingerprint density at radius 2 is 1.76 bits per heavy atom. The summed E-state index contributed by atoms with van der Waals surface area (Å²) < 4.78 is 45.2. The highest BCUT2D eigenvalue weighted by molar-refractivity contribution is 6.35. The summed E-state index contributed by atoms with van der Waals surface area (Å²) in [6.45, 7) is 4.36. The first-order chi connectivity index (χ1) is 24.3. The van der Waals surface area contributed by atoms with Gasteiger partial charge in [-0.2, -0.15) is 9.97 Å². The lowest BCUT2D eigenvalue weighted by molar-refractivity contribution is -0.0741. The summed E-state index contributed by atoms with van der Waals surface area (Å²) in [5, 5.41) is 16.5. The molecule has 0 radical (unpaired) electrons. The predicted molar refractivity (Wildman–Crippen MR) is 189 cm³/mol. The lowest BCUT2D eigenvalue weighted by atomic mass is 9.42.